The summed E-state index contributed by atoms with van der Waals surface area (Å²) in [7, 11) is -6.26. The molecule has 0 aromatic rings. The quantitative estimate of drug-likeness (QED) is 0.155. The van der Waals surface area contributed by atoms with Gasteiger partial charge in [-0.1, -0.05) is 44.9 Å². The van der Waals surface area contributed by atoms with Crippen LogP contribution in [0.25, 0.3) is 0 Å². The molecule has 0 heterocycles. The molecule has 0 aliphatic rings. The molecule has 0 radical (unpaired) electrons. The van der Waals surface area contributed by atoms with Crippen molar-refractivity contribution in [1.29, 1.82) is 0 Å². The second-order valence-electron chi connectivity index (χ2n) is 11.8. The summed E-state index contributed by atoms with van der Waals surface area (Å²) < 4.78 is 13.4. The highest BCUT2D eigenvalue weighted by atomic mass is 28.4. The Morgan fingerprint density at radius 3 is 1.37 bits per heavy atom. The molecule has 8 heteroatoms. The number of rotatable bonds is 18. The molecule has 0 atom stereocenters. The van der Waals surface area contributed by atoms with Gasteiger partial charge in [0.1, 0.15) is 0 Å². The third kappa shape index (κ3) is 19.0. The lowest BCUT2D eigenvalue weighted by molar-refractivity contribution is -0.137. The van der Waals surface area contributed by atoms with E-state index in [1.54, 1.807) is 0 Å². The molecule has 0 saturated carbocycles. The summed E-state index contributed by atoms with van der Waals surface area (Å²) in [6, 6.07) is 3.73. The Hall–Kier alpha value is 0.258. The van der Waals surface area contributed by atoms with Crippen LogP contribution in [0.3, 0.4) is 0 Å². The van der Waals surface area contributed by atoms with Crippen molar-refractivity contribution < 1.29 is 18.1 Å². The van der Waals surface area contributed by atoms with Crippen molar-refractivity contribution in [3.63, 3.8) is 0 Å². The summed E-state index contributed by atoms with van der Waals surface area (Å²) in [6.45, 7) is 21.3. The fourth-order valence-electron chi connectivity index (χ4n) is 4.22. The number of carboxylic acids is 1. The number of hydrogen-bond acceptors (Lipinski definition) is 3. The van der Waals surface area contributed by atoms with E-state index in [9.17, 15) is 4.79 Å². The first kappa shape index (κ1) is 30.3. The van der Waals surface area contributed by atoms with Crippen molar-refractivity contribution in [2.75, 3.05) is 0 Å². The molecule has 0 unspecified atom stereocenters. The fourth-order valence-corrected chi connectivity index (χ4v) is 24.0. The summed E-state index contributed by atoms with van der Waals surface area (Å²) in [6.07, 6.45) is 9.82. The first-order valence-corrected chi connectivity index (χ1v) is 24.9. The third-order valence-corrected chi connectivity index (χ3v) is 19.4. The molecule has 0 aliphatic carbocycles. The van der Waals surface area contributed by atoms with Crippen LogP contribution < -0.4 is 0 Å². The zero-order valence-corrected chi connectivity index (χ0v) is 25.7. The smallest absolute Gasteiger partial charge is 0.303 e. The third-order valence-electron chi connectivity index (χ3n) is 5.38. The highest BCUT2D eigenvalue weighted by Gasteiger charge is 2.36. The molecule has 0 aliphatic heterocycles. The number of carboxylic acid groups (broad SMARTS) is 1. The van der Waals surface area contributed by atoms with Crippen LogP contribution in [-0.2, 0) is 13.0 Å². The lowest BCUT2D eigenvalue weighted by Gasteiger charge is -2.37. The minimum absolute atomic E-state index is 0.324. The van der Waals surface area contributed by atoms with Gasteiger partial charge in [-0.3, -0.25) is 4.79 Å². The molecule has 30 heavy (non-hydrogen) atoms. The molecule has 180 valence electrons. The zero-order valence-electron chi connectivity index (χ0n) is 21.7. The molecular formula is C22H52O4Si4. The Kier molecular flexibility index (Phi) is 13.8. The summed E-state index contributed by atoms with van der Waals surface area (Å²) in [5, 5.41) is 8.65. The molecule has 0 amide bonds. The van der Waals surface area contributed by atoms with Crippen LogP contribution in [0.4, 0.5) is 0 Å². The van der Waals surface area contributed by atoms with Crippen LogP contribution in [0.2, 0.25) is 77.1 Å². The van der Waals surface area contributed by atoms with Crippen molar-refractivity contribution >= 4 is 39.2 Å². The minimum Gasteiger partial charge on any atom is -0.481 e. The standard InChI is InChI=1S/C22H52O4Si4/c1-27(2,3)25-29(6,7)20-21-30(8,9)26-28(4,5)19-17-15-13-11-10-12-14-16-18-22(23)24/h10-21H2,1-9H3,(H,23,24). The Morgan fingerprint density at radius 2 is 0.933 bits per heavy atom. The maximum Gasteiger partial charge on any atom is 0.303 e. The summed E-state index contributed by atoms with van der Waals surface area (Å²) in [5.41, 5.74) is 0. The van der Waals surface area contributed by atoms with E-state index in [1.807, 2.05) is 0 Å². The van der Waals surface area contributed by atoms with E-state index in [0.29, 0.717) is 6.42 Å². The Morgan fingerprint density at radius 1 is 0.567 bits per heavy atom. The Balaban J connectivity index is 4.04. The maximum atomic E-state index is 10.5. The monoisotopic (exact) mass is 492 g/mol. The first-order chi connectivity index (χ1) is 13.5. The molecular weight excluding hydrogens is 441 g/mol. The van der Waals surface area contributed by atoms with Gasteiger partial charge in [-0.15, -0.1) is 0 Å². The average molecular weight is 493 g/mol. The van der Waals surface area contributed by atoms with Gasteiger partial charge in [0.2, 0.25) is 0 Å². The van der Waals surface area contributed by atoms with Crippen LogP contribution in [0, 0.1) is 0 Å². The summed E-state index contributed by atoms with van der Waals surface area (Å²) in [5.74, 6) is -0.666. The van der Waals surface area contributed by atoms with Gasteiger partial charge in [-0.05, 0) is 83.5 Å². The predicted molar refractivity (Wildman–Crippen MR) is 142 cm³/mol. The van der Waals surface area contributed by atoms with Gasteiger partial charge >= 0.3 is 5.97 Å². The molecule has 0 bridgehead atoms. The summed E-state index contributed by atoms with van der Waals surface area (Å²) >= 11 is 0. The topological polar surface area (TPSA) is 55.8 Å². The van der Waals surface area contributed by atoms with Crippen molar-refractivity contribution in [2.24, 2.45) is 0 Å². The van der Waals surface area contributed by atoms with Crippen LogP contribution in [0.5, 0.6) is 0 Å². The van der Waals surface area contributed by atoms with Crippen LogP contribution in [0.1, 0.15) is 57.8 Å². The van der Waals surface area contributed by atoms with E-state index in [4.69, 9.17) is 13.3 Å². The zero-order chi connectivity index (χ0) is 23.5. The first-order valence-electron chi connectivity index (χ1n) is 12.2. The van der Waals surface area contributed by atoms with Gasteiger partial charge in [0.15, 0.2) is 33.3 Å². The van der Waals surface area contributed by atoms with Gasteiger partial charge in [-0.25, -0.2) is 0 Å². The van der Waals surface area contributed by atoms with Crippen LogP contribution >= 0.6 is 0 Å². The molecule has 4 nitrogen and oxygen atoms in total. The molecule has 0 rings (SSSR count). The summed E-state index contributed by atoms with van der Waals surface area (Å²) in [4.78, 5) is 10.5. The largest absolute Gasteiger partial charge is 0.481 e. The highest BCUT2D eigenvalue weighted by Crippen LogP contribution is 2.29. The number of carbonyl (C=O) groups is 1. The van der Waals surface area contributed by atoms with Crippen LogP contribution in [-0.4, -0.2) is 44.3 Å². The number of unbranched alkanes of at least 4 members (excludes halogenated alkanes) is 7. The molecule has 0 saturated heterocycles. The van der Waals surface area contributed by atoms with E-state index in [1.165, 1.54) is 56.7 Å². The number of hydrogen-bond donors (Lipinski definition) is 1. The Bertz CT molecular complexity index is 488. The van der Waals surface area contributed by atoms with E-state index >= 15 is 0 Å². The van der Waals surface area contributed by atoms with E-state index in [-0.39, 0.29) is 0 Å². The van der Waals surface area contributed by atoms with Gasteiger partial charge in [0.25, 0.3) is 0 Å². The average Bonchev–Trinajstić information content (AvgIpc) is 2.51. The molecule has 0 spiro atoms. The second-order valence-corrected chi connectivity index (χ2v) is 29.7. The van der Waals surface area contributed by atoms with E-state index in [0.717, 1.165) is 12.8 Å². The lowest BCUT2D eigenvalue weighted by atomic mass is 10.1. The van der Waals surface area contributed by atoms with Gasteiger partial charge in [-0.2, -0.15) is 0 Å². The van der Waals surface area contributed by atoms with Crippen LogP contribution in [0.15, 0.2) is 0 Å². The second kappa shape index (κ2) is 13.7. The van der Waals surface area contributed by atoms with Crippen molar-refractivity contribution in [3.05, 3.63) is 0 Å². The minimum atomic E-state index is -1.64. The SMILES string of the molecule is C[Si](C)(C)O[Si](C)(C)CC[Si](C)(C)O[Si](C)(C)CCCCCCCCCCC(=O)O. The highest BCUT2D eigenvalue weighted by molar-refractivity contribution is 6.87. The van der Waals surface area contributed by atoms with Gasteiger partial charge in [0.05, 0.1) is 0 Å². The molecule has 0 aromatic heterocycles. The molecule has 0 fully saturated rings. The van der Waals surface area contributed by atoms with E-state index in [2.05, 4.69) is 58.9 Å². The molecule has 0 aromatic carbocycles. The van der Waals surface area contributed by atoms with Crippen molar-refractivity contribution in [2.45, 2.75) is 135 Å². The van der Waals surface area contributed by atoms with Gasteiger partial charge in [0, 0.05) is 6.42 Å². The van der Waals surface area contributed by atoms with Crippen molar-refractivity contribution in [1.82, 2.24) is 0 Å². The number of aliphatic carboxylic acids is 1. The normalized spacial score (nSPS) is 13.6. The lowest BCUT2D eigenvalue weighted by Crippen LogP contribution is -2.47. The predicted octanol–water partition coefficient (Wildman–Crippen LogP) is 8.07. The van der Waals surface area contributed by atoms with Gasteiger partial charge < -0.3 is 13.3 Å². The maximum absolute atomic E-state index is 10.5. The molecule has 1 N–H and O–H groups in total. The van der Waals surface area contributed by atoms with Crippen molar-refractivity contribution in [3.8, 4) is 0 Å². The van der Waals surface area contributed by atoms with E-state index < -0.39 is 39.2 Å². The fraction of sp³-hybridized carbons (Fsp3) is 0.955. The Labute approximate surface area is 192 Å².